The summed E-state index contributed by atoms with van der Waals surface area (Å²) in [5.74, 6) is 0.526. The third-order valence-electron chi connectivity index (χ3n) is 3.28. The van der Waals surface area contributed by atoms with Gasteiger partial charge in [0.05, 0.1) is 13.2 Å². The topological polar surface area (TPSA) is 47.5 Å². The number of halogens is 1. The largest absolute Gasteiger partial charge is 0.355 e. The highest BCUT2D eigenvalue weighted by Gasteiger charge is 2.40. The Bertz CT molecular complexity index is 382. The lowest BCUT2D eigenvalue weighted by Gasteiger charge is -2.37. The predicted octanol–water partition coefficient (Wildman–Crippen LogP) is 1.47. The van der Waals surface area contributed by atoms with Crippen molar-refractivity contribution in [2.24, 2.45) is 0 Å². The van der Waals surface area contributed by atoms with Gasteiger partial charge in [0.15, 0.2) is 16.8 Å². The SMILES string of the molecule is Clc1ccc(N2CCC3(CC2)OCCO3)nn1. The summed E-state index contributed by atoms with van der Waals surface area (Å²) in [7, 11) is 0. The molecule has 92 valence electrons. The number of rotatable bonds is 1. The first-order chi connectivity index (χ1) is 8.27. The van der Waals surface area contributed by atoms with E-state index in [4.69, 9.17) is 21.1 Å². The van der Waals surface area contributed by atoms with Gasteiger partial charge in [-0.05, 0) is 12.1 Å². The molecule has 0 saturated carbocycles. The fraction of sp³-hybridized carbons (Fsp3) is 0.636. The maximum Gasteiger partial charge on any atom is 0.171 e. The minimum atomic E-state index is -0.337. The van der Waals surface area contributed by atoms with E-state index < -0.39 is 0 Å². The number of ether oxygens (including phenoxy) is 2. The number of hydrogen-bond donors (Lipinski definition) is 0. The third kappa shape index (κ3) is 2.22. The first-order valence-electron chi connectivity index (χ1n) is 5.80. The van der Waals surface area contributed by atoms with Gasteiger partial charge >= 0.3 is 0 Å². The van der Waals surface area contributed by atoms with E-state index in [1.807, 2.05) is 6.07 Å². The molecule has 5 nitrogen and oxygen atoms in total. The van der Waals surface area contributed by atoms with Crippen LogP contribution in [0.5, 0.6) is 0 Å². The molecule has 1 aromatic heterocycles. The third-order valence-corrected chi connectivity index (χ3v) is 3.48. The molecule has 2 saturated heterocycles. The summed E-state index contributed by atoms with van der Waals surface area (Å²) in [6, 6.07) is 3.65. The lowest BCUT2D eigenvalue weighted by atomic mass is 10.0. The smallest absolute Gasteiger partial charge is 0.171 e. The van der Waals surface area contributed by atoms with Gasteiger partial charge in [-0.3, -0.25) is 0 Å². The number of aromatic nitrogens is 2. The molecule has 2 aliphatic heterocycles. The summed E-state index contributed by atoms with van der Waals surface area (Å²) in [6.07, 6.45) is 1.74. The summed E-state index contributed by atoms with van der Waals surface area (Å²) in [5.41, 5.74) is 0. The lowest BCUT2D eigenvalue weighted by molar-refractivity contribution is -0.169. The van der Waals surface area contributed by atoms with Gasteiger partial charge in [-0.15, -0.1) is 10.2 Å². The summed E-state index contributed by atoms with van der Waals surface area (Å²) in [5, 5.41) is 8.35. The molecule has 0 bridgehead atoms. The second-order valence-electron chi connectivity index (χ2n) is 4.31. The number of hydrogen-bond acceptors (Lipinski definition) is 5. The molecule has 0 radical (unpaired) electrons. The normalized spacial score (nSPS) is 23.2. The van der Waals surface area contributed by atoms with Gasteiger partial charge in [-0.25, -0.2) is 0 Å². The van der Waals surface area contributed by atoms with Crippen LogP contribution < -0.4 is 4.90 Å². The molecule has 3 heterocycles. The van der Waals surface area contributed by atoms with Crippen LogP contribution in [-0.4, -0.2) is 42.3 Å². The Labute approximate surface area is 105 Å². The summed E-state index contributed by atoms with van der Waals surface area (Å²) >= 11 is 5.72. The molecule has 0 aliphatic carbocycles. The summed E-state index contributed by atoms with van der Waals surface area (Å²) < 4.78 is 11.4. The maximum atomic E-state index is 5.72. The first kappa shape index (κ1) is 11.2. The van der Waals surface area contributed by atoms with Crippen molar-refractivity contribution in [3.8, 4) is 0 Å². The van der Waals surface area contributed by atoms with E-state index in [2.05, 4.69) is 15.1 Å². The molecule has 6 heteroatoms. The zero-order valence-electron chi connectivity index (χ0n) is 9.43. The van der Waals surface area contributed by atoms with Crippen LogP contribution in [0.2, 0.25) is 5.15 Å². The van der Waals surface area contributed by atoms with E-state index in [1.165, 1.54) is 0 Å². The standard InChI is InChI=1S/C11H14ClN3O2/c12-9-1-2-10(14-13-9)15-5-3-11(4-6-15)16-7-8-17-11/h1-2H,3-8H2. The number of anilines is 1. The average molecular weight is 256 g/mol. The van der Waals surface area contributed by atoms with E-state index >= 15 is 0 Å². The van der Waals surface area contributed by atoms with Crippen molar-refractivity contribution in [2.45, 2.75) is 18.6 Å². The molecule has 17 heavy (non-hydrogen) atoms. The second-order valence-corrected chi connectivity index (χ2v) is 4.70. The highest BCUT2D eigenvalue weighted by atomic mass is 35.5. The molecule has 0 atom stereocenters. The molecular formula is C11H14ClN3O2. The van der Waals surface area contributed by atoms with Gasteiger partial charge in [0, 0.05) is 25.9 Å². The lowest BCUT2D eigenvalue weighted by Crippen LogP contribution is -2.45. The van der Waals surface area contributed by atoms with E-state index in [0.717, 1.165) is 31.7 Å². The minimum absolute atomic E-state index is 0.337. The van der Waals surface area contributed by atoms with E-state index in [9.17, 15) is 0 Å². The second kappa shape index (κ2) is 4.40. The summed E-state index contributed by atoms with van der Waals surface area (Å²) in [6.45, 7) is 3.16. The molecule has 2 fully saturated rings. The average Bonchev–Trinajstić information content (AvgIpc) is 2.80. The van der Waals surface area contributed by atoms with Gasteiger partial charge in [0.1, 0.15) is 0 Å². The fourth-order valence-corrected chi connectivity index (χ4v) is 2.44. The summed E-state index contributed by atoms with van der Waals surface area (Å²) in [4.78, 5) is 2.18. The minimum Gasteiger partial charge on any atom is -0.355 e. The Hall–Kier alpha value is -0.910. The van der Waals surface area contributed by atoms with Gasteiger partial charge in [-0.1, -0.05) is 11.6 Å². The Morgan fingerprint density at radius 2 is 1.82 bits per heavy atom. The van der Waals surface area contributed by atoms with Crippen LogP contribution in [0.1, 0.15) is 12.8 Å². The van der Waals surface area contributed by atoms with Gasteiger partial charge in [-0.2, -0.15) is 0 Å². The first-order valence-corrected chi connectivity index (χ1v) is 6.17. The van der Waals surface area contributed by atoms with Crippen molar-refractivity contribution in [3.05, 3.63) is 17.3 Å². The Morgan fingerprint density at radius 3 is 2.41 bits per heavy atom. The Balaban J connectivity index is 1.66. The molecule has 2 aliphatic rings. The van der Waals surface area contributed by atoms with Crippen molar-refractivity contribution in [3.63, 3.8) is 0 Å². The van der Waals surface area contributed by atoms with Crippen LogP contribution in [0.15, 0.2) is 12.1 Å². The van der Waals surface area contributed by atoms with E-state index in [-0.39, 0.29) is 5.79 Å². The van der Waals surface area contributed by atoms with Crippen molar-refractivity contribution < 1.29 is 9.47 Å². The highest BCUT2D eigenvalue weighted by molar-refractivity contribution is 6.29. The van der Waals surface area contributed by atoms with Gasteiger partial charge in [0.2, 0.25) is 0 Å². The van der Waals surface area contributed by atoms with Crippen LogP contribution in [0.4, 0.5) is 5.82 Å². The van der Waals surface area contributed by atoms with Crippen molar-refractivity contribution >= 4 is 17.4 Å². The number of nitrogens with zero attached hydrogens (tertiary/aromatic N) is 3. The molecular weight excluding hydrogens is 242 g/mol. The molecule has 1 aromatic rings. The highest BCUT2D eigenvalue weighted by Crippen LogP contribution is 2.32. The molecule has 3 rings (SSSR count). The molecule has 0 N–H and O–H groups in total. The van der Waals surface area contributed by atoms with Gasteiger partial charge < -0.3 is 14.4 Å². The van der Waals surface area contributed by atoms with Crippen LogP contribution in [-0.2, 0) is 9.47 Å². The van der Waals surface area contributed by atoms with Crippen molar-refractivity contribution in [2.75, 3.05) is 31.2 Å². The molecule has 0 amide bonds. The Morgan fingerprint density at radius 1 is 1.12 bits per heavy atom. The van der Waals surface area contributed by atoms with E-state index in [0.29, 0.717) is 18.4 Å². The monoisotopic (exact) mass is 255 g/mol. The van der Waals surface area contributed by atoms with Crippen molar-refractivity contribution in [1.29, 1.82) is 0 Å². The quantitative estimate of drug-likeness (QED) is 0.761. The predicted molar refractivity (Wildman–Crippen MR) is 63.1 cm³/mol. The van der Waals surface area contributed by atoms with Crippen LogP contribution in [0.25, 0.3) is 0 Å². The fourth-order valence-electron chi connectivity index (χ4n) is 2.34. The zero-order chi connectivity index (χ0) is 11.7. The number of piperidine rings is 1. The Kier molecular flexibility index (Phi) is 2.90. The zero-order valence-corrected chi connectivity index (χ0v) is 10.2. The molecule has 0 aromatic carbocycles. The molecule has 1 spiro atoms. The van der Waals surface area contributed by atoms with E-state index in [1.54, 1.807) is 6.07 Å². The van der Waals surface area contributed by atoms with Gasteiger partial charge in [0.25, 0.3) is 0 Å². The van der Waals surface area contributed by atoms with Crippen molar-refractivity contribution in [1.82, 2.24) is 10.2 Å². The maximum absolute atomic E-state index is 5.72. The molecule has 0 unspecified atom stereocenters. The van der Waals surface area contributed by atoms with Crippen LogP contribution >= 0.6 is 11.6 Å². The van der Waals surface area contributed by atoms with Crippen LogP contribution in [0, 0.1) is 0 Å². The van der Waals surface area contributed by atoms with Crippen LogP contribution in [0.3, 0.4) is 0 Å².